The van der Waals surface area contributed by atoms with E-state index in [0.29, 0.717) is 25.5 Å². The molecule has 0 aliphatic carbocycles. The molecule has 0 aliphatic rings. The van der Waals surface area contributed by atoms with Crippen LogP contribution in [0.3, 0.4) is 0 Å². The average molecular weight is 250 g/mol. The van der Waals surface area contributed by atoms with Crippen LogP contribution in [0.1, 0.15) is 39.5 Å². The molecule has 0 atom stereocenters. The zero-order chi connectivity index (χ0) is 12.1. The number of unbranched alkanes of at least 4 members (excludes halogenated alkanes) is 2. The van der Waals surface area contributed by atoms with Gasteiger partial charge in [0.2, 0.25) is 0 Å². The molecule has 0 N–H and O–H groups in total. The second-order valence-corrected chi connectivity index (χ2v) is 6.05. The Labute approximate surface area is 101 Å². The Balaban J connectivity index is 3.12. The van der Waals surface area contributed by atoms with Crippen LogP contribution in [0.15, 0.2) is 0 Å². The smallest absolute Gasteiger partial charge is 0.0807 e. The first kappa shape index (κ1) is 16.1. The van der Waals surface area contributed by atoms with Crippen LogP contribution < -0.4 is 0 Å². The lowest BCUT2D eigenvalue weighted by molar-refractivity contribution is 0.142. The zero-order valence-electron chi connectivity index (χ0n) is 10.8. The largest absolute Gasteiger partial charge is 0.381 e. The molecule has 16 heavy (non-hydrogen) atoms. The SMILES string of the molecule is CCCCOCC[PH](=O)CCOCCCC. The summed E-state index contributed by atoms with van der Waals surface area (Å²) in [6, 6.07) is 0. The van der Waals surface area contributed by atoms with Gasteiger partial charge in [-0.25, -0.2) is 0 Å². The molecule has 0 saturated carbocycles. The van der Waals surface area contributed by atoms with Crippen molar-refractivity contribution in [1.29, 1.82) is 0 Å². The lowest BCUT2D eigenvalue weighted by atomic mass is 10.4. The number of hydrogen-bond donors (Lipinski definition) is 0. The van der Waals surface area contributed by atoms with Gasteiger partial charge >= 0.3 is 0 Å². The van der Waals surface area contributed by atoms with Crippen LogP contribution in [0.4, 0.5) is 0 Å². The summed E-state index contributed by atoms with van der Waals surface area (Å²) in [4.78, 5) is 0. The minimum atomic E-state index is -1.46. The Kier molecular flexibility index (Phi) is 13.3. The fourth-order valence-corrected chi connectivity index (χ4v) is 2.19. The third kappa shape index (κ3) is 12.2. The van der Waals surface area contributed by atoms with Gasteiger partial charge in [-0.2, -0.15) is 0 Å². The second kappa shape index (κ2) is 13.2. The molecule has 0 fully saturated rings. The van der Waals surface area contributed by atoms with Crippen molar-refractivity contribution >= 4 is 7.80 Å². The predicted octanol–water partition coefficient (Wildman–Crippen LogP) is 3.18. The van der Waals surface area contributed by atoms with Crippen molar-refractivity contribution in [2.45, 2.75) is 39.5 Å². The van der Waals surface area contributed by atoms with Gasteiger partial charge in [-0.15, -0.1) is 0 Å². The number of rotatable bonds is 12. The number of ether oxygens (including phenoxy) is 2. The maximum absolute atomic E-state index is 11.5. The minimum absolute atomic E-state index is 0.646. The quantitative estimate of drug-likeness (QED) is 0.394. The third-order valence-corrected chi connectivity index (χ3v) is 3.86. The standard InChI is InChI=1S/C12H27O3P/c1-3-5-7-14-9-11-16(13)12-10-15-8-6-4-2/h16H,3-12H2,1-2H3. The fourth-order valence-electron chi connectivity index (χ4n) is 1.19. The van der Waals surface area contributed by atoms with Gasteiger partial charge in [0.05, 0.1) is 21.0 Å². The molecule has 0 unspecified atom stereocenters. The van der Waals surface area contributed by atoms with E-state index >= 15 is 0 Å². The first-order valence-corrected chi connectivity index (χ1v) is 8.30. The molecule has 0 radical (unpaired) electrons. The van der Waals surface area contributed by atoms with Crippen LogP contribution in [0, 0.1) is 0 Å². The predicted molar refractivity (Wildman–Crippen MR) is 70.2 cm³/mol. The highest BCUT2D eigenvalue weighted by Gasteiger charge is 1.99. The van der Waals surface area contributed by atoms with Crippen molar-refractivity contribution in [1.82, 2.24) is 0 Å². The van der Waals surface area contributed by atoms with Gasteiger partial charge in [0, 0.05) is 25.5 Å². The first-order valence-electron chi connectivity index (χ1n) is 6.48. The van der Waals surface area contributed by atoms with E-state index < -0.39 is 7.80 Å². The molecular formula is C12H27O3P. The molecule has 0 heterocycles. The van der Waals surface area contributed by atoms with Crippen molar-refractivity contribution in [2.24, 2.45) is 0 Å². The van der Waals surface area contributed by atoms with E-state index in [9.17, 15) is 4.57 Å². The molecular weight excluding hydrogens is 223 g/mol. The van der Waals surface area contributed by atoms with Gasteiger partial charge < -0.3 is 14.0 Å². The Morgan fingerprint density at radius 1 is 0.812 bits per heavy atom. The van der Waals surface area contributed by atoms with Gasteiger partial charge in [0.25, 0.3) is 0 Å². The first-order chi connectivity index (χ1) is 7.81. The van der Waals surface area contributed by atoms with Gasteiger partial charge in [-0.3, -0.25) is 0 Å². The van der Waals surface area contributed by atoms with E-state index in [1.807, 2.05) is 0 Å². The van der Waals surface area contributed by atoms with Gasteiger partial charge in [0.1, 0.15) is 0 Å². The molecule has 0 aromatic carbocycles. The normalized spacial score (nSPS) is 11.2. The van der Waals surface area contributed by atoms with Crippen LogP contribution in [0.25, 0.3) is 0 Å². The van der Waals surface area contributed by atoms with E-state index in [1.165, 1.54) is 0 Å². The van der Waals surface area contributed by atoms with Crippen LogP contribution in [0.5, 0.6) is 0 Å². The average Bonchev–Trinajstić information content (AvgIpc) is 2.28. The summed E-state index contributed by atoms with van der Waals surface area (Å²) >= 11 is 0. The molecule has 0 rings (SSSR count). The van der Waals surface area contributed by atoms with Crippen LogP contribution >= 0.6 is 7.80 Å². The van der Waals surface area contributed by atoms with Crippen LogP contribution in [-0.2, 0) is 14.0 Å². The summed E-state index contributed by atoms with van der Waals surface area (Å²) in [5, 5.41) is 0. The lowest BCUT2D eigenvalue weighted by Gasteiger charge is -2.05. The van der Waals surface area contributed by atoms with Crippen molar-refractivity contribution in [3.8, 4) is 0 Å². The summed E-state index contributed by atoms with van der Waals surface area (Å²) < 4.78 is 22.3. The summed E-state index contributed by atoms with van der Waals surface area (Å²) in [6.07, 6.45) is 5.93. The molecule has 0 aromatic heterocycles. The molecule has 4 heteroatoms. The highest BCUT2D eigenvalue weighted by Crippen LogP contribution is 2.18. The Morgan fingerprint density at radius 2 is 1.25 bits per heavy atom. The van der Waals surface area contributed by atoms with Crippen LogP contribution in [-0.4, -0.2) is 38.8 Å². The molecule has 98 valence electrons. The summed E-state index contributed by atoms with van der Waals surface area (Å²) in [5.41, 5.74) is 0. The third-order valence-electron chi connectivity index (χ3n) is 2.33. The summed E-state index contributed by atoms with van der Waals surface area (Å²) in [5.74, 6) is 0. The Morgan fingerprint density at radius 3 is 1.62 bits per heavy atom. The Hall–Kier alpha value is 0.150. The topological polar surface area (TPSA) is 35.5 Å². The molecule has 0 aromatic rings. The highest BCUT2D eigenvalue weighted by atomic mass is 31.1. The maximum Gasteiger partial charge on any atom is 0.0807 e. The number of hydrogen-bond acceptors (Lipinski definition) is 3. The molecule has 0 aliphatic heterocycles. The van der Waals surface area contributed by atoms with Crippen molar-refractivity contribution in [3.05, 3.63) is 0 Å². The highest BCUT2D eigenvalue weighted by molar-refractivity contribution is 7.44. The van der Waals surface area contributed by atoms with Gasteiger partial charge in [-0.05, 0) is 12.8 Å². The lowest BCUT2D eigenvalue weighted by Crippen LogP contribution is -2.03. The second-order valence-electron chi connectivity index (χ2n) is 3.97. The van der Waals surface area contributed by atoms with Crippen molar-refractivity contribution in [3.63, 3.8) is 0 Å². The van der Waals surface area contributed by atoms with E-state index in [0.717, 1.165) is 38.9 Å². The minimum Gasteiger partial charge on any atom is -0.381 e. The Bertz CT molecular complexity index is 146. The zero-order valence-corrected chi connectivity index (χ0v) is 11.8. The van der Waals surface area contributed by atoms with E-state index in [1.54, 1.807) is 0 Å². The molecule has 0 spiro atoms. The van der Waals surface area contributed by atoms with Gasteiger partial charge in [-0.1, -0.05) is 26.7 Å². The van der Waals surface area contributed by atoms with E-state index in [2.05, 4.69) is 13.8 Å². The fraction of sp³-hybridized carbons (Fsp3) is 1.00. The van der Waals surface area contributed by atoms with Crippen molar-refractivity contribution < 1.29 is 14.0 Å². The van der Waals surface area contributed by atoms with Crippen molar-refractivity contribution in [2.75, 3.05) is 38.8 Å². The van der Waals surface area contributed by atoms with E-state index in [-0.39, 0.29) is 0 Å². The molecule has 3 nitrogen and oxygen atoms in total. The monoisotopic (exact) mass is 250 g/mol. The summed E-state index contributed by atoms with van der Waals surface area (Å²) in [6.45, 7) is 7.18. The molecule has 0 amide bonds. The van der Waals surface area contributed by atoms with E-state index in [4.69, 9.17) is 9.47 Å². The molecule has 0 bridgehead atoms. The molecule has 0 saturated heterocycles. The van der Waals surface area contributed by atoms with Crippen LogP contribution in [0.2, 0.25) is 0 Å². The maximum atomic E-state index is 11.5. The van der Waals surface area contributed by atoms with Gasteiger partial charge in [0.15, 0.2) is 0 Å². The summed E-state index contributed by atoms with van der Waals surface area (Å²) in [7, 11) is -1.46.